The van der Waals surface area contributed by atoms with E-state index in [9.17, 15) is 9.59 Å². The van der Waals surface area contributed by atoms with E-state index in [4.69, 9.17) is 0 Å². The number of carbonyl (C=O) groups excluding carboxylic acids is 1. The Labute approximate surface area is 119 Å². The number of benzene rings is 2. The summed E-state index contributed by atoms with van der Waals surface area (Å²) in [5.74, 6) is 0.0262. The molecule has 0 spiro atoms. The number of fused-ring (bicyclic) bond motifs is 1. The van der Waals surface area contributed by atoms with Crippen LogP contribution in [0.15, 0.2) is 53.3 Å². The summed E-state index contributed by atoms with van der Waals surface area (Å²) in [6.07, 6.45) is 0. The zero-order valence-corrected chi connectivity index (χ0v) is 12.1. The van der Waals surface area contributed by atoms with Crippen LogP contribution in [0.5, 0.6) is 0 Å². The molecule has 0 amide bonds. The molecule has 1 heterocycles. The summed E-state index contributed by atoms with van der Waals surface area (Å²) in [4.78, 5) is 25.1. The quantitative estimate of drug-likeness (QED) is 0.534. The smallest absolute Gasteiger partial charge is 0.294 e. The van der Waals surface area contributed by atoms with Gasteiger partial charge in [0.05, 0.1) is 12.6 Å². The van der Waals surface area contributed by atoms with Gasteiger partial charge in [-0.25, -0.2) is 0 Å². The summed E-state index contributed by atoms with van der Waals surface area (Å²) >= 11 is 0. The Kier molecular flexibility index (Phi) is 3.03. The van der Waals surface area contributed by atoms with Gasteiger partial charge in [0.1, 0.15) is 16.1 Å². The number of aromatic nitrogens is 1. The third kappa shape index (κ3) is 1.80. The molecule has 2 aromatic carbocycles. The summed E-state index contributed by atoms with van der Waals surface area (Å²) < 4.78 is 2.72. The van der Waals surface area contributed by atoms with Gasteiger partial charge in [-0.15, -0.1) is 3.96 Å². The van der Waals surface area contributed by atoms with Gasteiger partial charge < -0.3 is 0 Å². The summed E-state index contributed by atoms with van der Waals surface area (Å²) in [7, 11) is 1.28. The van der Waals surface area contributed by atoms with Gasteiger partial charge in [0.2, 0.25) is 9.60 Å². The molecule has 0 aliphatic carbocycles. The van der Waals surface area contributed by atoms with Crippen LogP contribution in [-0.4, -0.2) is 9.74 Å². The van der Waals surface area contributed by atoms with Gasteiger partial charge in [-0.1, -0.05) is 24.3 Å². The lowest BCUT2D eigenvalue weighted by molar-refractivity contribution is 0.101. The first-order valence-electron chi connectivity index (χ1n) is 6.32. The van der Waals surface area contributed by atoms with Crippen LogP contribution in [0.1, 0.15) is 17.3 Å². The predicted molar refractivity (Wildman–Crippen MR) is 83.0 cm³/mol. The molecule has 0 aliphatic rings. The topological polar surface area (TPSA) is 39.1 Å². The Morgan fingerprint density at radius 3 is 2.45 bits per heavy atom. The average Bonchev–Trinajstić information content (AvgIpc) is 2.71. The maximum Gasteiger partial charge on any atom is 0.304 e. The van der Waals surface area contributed by atoms with Gasteiger partial charge in [-0.3, -0.25) is 9.59 Å². The first kappa shape index (κ1) is 12.8. The van der Waals surface area contributed by atoms with Gasteiger partial charge in [-0.2, -0.15) is 0 Å². The molecule has 3 nitrogen and oxygen atoms in total. The van der Waals surface area contributed by atoms with Crippen LogP contribution in [0, 0.1) is 0 Å². The fourth-order valence-electron chi connectivity index (χ4n) is 2.40. The van der Waals surface area contributed by atoms with Crippen LogP contribution in [-0.2, 0) is 7.05 Å². The lowest BCUT2D eigenvalue weighted by atomic mass is 10.1. The van der Waals surface area contributed by atoms with E-state index in [-0.39, 0.29) is 11.3 Å². The lowest BCUT2D eigenvalue weighted by Gasteiger charge is -1.99. The molecular formula is C16H14NO2S+. The molecule has 0 aliphatic heterocycles. The molecule has 100 valence electrons. The minimum atomic E-state index is -0.510. The molecule has 4 heteroatoms. The second-order valence-corrected chi connectivity index (χ2v) is 6.63. The minimum Gasteiger partial charge on any atom is -0.294 e. The third-order valence-electron chi connectivity index (χ3n) is 3.36. The summed E-state index contributed by atoms with van der Waals surface area (Å²) in [5, 5.41) is 0.733. The number of hydrogen-bond acceptors (Lipinski definition) is 2. The first-order valence-corrected chi connectivity index (χ1v) is 7.51. The van der Waals surface area contributed by atoms with Crippen molar-refractivity contribution in [3.63, 3.8) is 0 Å². The zero-order chi connectivity index (χ0) is 14.3. The zero-order valence-electron chi connectivity index (χ0n) is 11.3. The maximum atomic E-state index is 12.3. The molecule has 1 unspecified atom stereocenters. The van der Waals surface area contributed by atoms with E-state index in [1.165, 1.54) is 0 Å². The Morgan fingerprint density at radius 1 is 1.05 bits per heavy atom. The fraction of sp³-hybridized carbons (Fsp3) is 0.125. The number of hydrogen-bond donors (Lipinski definition) is 0. The van der Waals surface area contributed by atoms with E-state index >= 15 is 0 Å². The molecule has 0 bridgehead atoms. The van der Waals surface area contributed by atoms with Gasteiger partial charge >= 0.3 is 5.56 Å². The highest BCUT2D eigenvalue weighted by Crippen LogP contribution is 2.38. The molecule has 0 N–H and O–H groups in total. The molecule has 3 rings (SSSR count). The predicted octanol–water partition coefficient (Wildman–Crippen LogP) is 3.48. The molecule has 0 fully saturated rings. The summed E-state index contributed by atoms with van der Waals surface area (Å²) in [6.45, 7) is 1.56. The number of ketones is 1. The van der Waals surface area contributed by atoms with Crippen LogP contribution < -0.4 is 5.56 Å². The van der Waals surface area contributed by atoms with Crippen LogP contribution in [0.2, 0.25) is 0 Å². The van der Waals surface area contributed by atoms with E-state index in [0.29, 0.717) is 5.56 Å². The average molecular weight is 284 g/mol. The highest BCUT2D eigenvalue weighted by Gasteiger charge is 2.27. The van der Waals surface area contributed by atoms with E-state index in [1.54, 1.807) is 17.9 Å². The molecule has 0 saturated carbocycles. The van der Waals surface area contributed by atoms with Gasteiger partial charge in [0.25, 0.3) is 0 Å². The minimum absolute atomic E-state index is 0.0160. The molecule has 1 atom stereocenters. The second kappa shape index (κ2) is 4.72. The van der Waals surface area contributed by atoms with Crippen LogP contribution in [0.4, 0.5) is 0 Å². The molecular weight excluding hydrogens is 270 g/mol. The standard InChI is InChI=1S/C16H14NO2S/c1-11(18)12-7-3-5-9-14(12)20-15-10-6-4-8-13(15)16(19)17(20)2/h3-10H,1-2H3/q+1. The second-order valence-electron chi connectivity index (χ2n) is 4.64. The number of carbonyl (C=O) groups is 1. The molecule has 1 aromatic heterocycles. The number of nitrogens with zero attached hydrogens (tertiary/aromatic N) is 1. The van der Waals surface area contributed by atoms with Gasteiger partial charge in [0.15, 0.2) is 5.78 Å². The summed E-state index contributed by atoms with van der Waals surface area (Å²) in [6, 6.07) is 15.1. The number of rotatable bonds is 2. The Hall–Kier alpha value is -2.20. The van der Waals surface area contributed by atoms with Crippen molar-refractivity contribution < 1.29 is 4.79 Å². The van der Waals surface area contributed by atoms with Crippen LogP contribution in [0.3, 0.4) is 0 Å². The number of Topliss-reactive ketones (excluding diaryl/α,β-unsaturated/α-hetero) is 1. The van der Waals surface area contributed by atoms with Gasteiger partial charge in [-0.05, 0) is 19.1 Å². The highest BCUT2D eigenvalue weighted by molar-refractivity contribution is 7.41. The van der Waals surface area contributed by atoms with E-state index in [1.807, 2.05) is 48.5 Å². The van der Waals surface area contributed by atoms with Crippen molar-refractivity contribution in [2.75, 3.05) is 0 Å². The van der Waals surface area contributed by atoms with Crippen molar-refractivity contribution in [2.45, 2.75) is 6.92 Å². The van der Waals surface area contributed by atoms with Crippen molar-refractivity contribution in [3.8, 4) is 4.90 Å². The molecule has 0 saturated heterocycles. The Bertz CT molecular complexity index is 874. The van der Waals surface area contributed by atoms with Gasteiger partial charge in [0, 0.05) is 12.1 Å². The summed E-state index contributed by atoms with van der Waals surface area (Å²) in [5.41, 5.74) is 0.703. The largest absolute Gasteiger partial charge is 0.304 e. The Balaban J connectivity index is 2.45. The maximum absolute atomic E-state index is 12.3. The molecule has 3 aromatic rings. The van der Waals surface area contributed by atoms with Crippen LogP contribution >= 0.6 is 10.7 Å². The van der Waals surface area contributed by atoms with Crippen molar-refractivity contribution >= 4 is 26.5 Å². The molecule has 20 heavy (non-hydrogen) atoms. The van der Waals surface area contributed by atoms with Crippen LogP contribution in [0.25, 0.3) is 15.0 Å². The monoisotopic (exact) mass is 284 g/mol. The van der Waals surface area contributed by atoms with Crippen molar-refractivity contribution in [3.05, 3.63) is 64.4 Å². The van der Waals surface area contributed by atoms with Crippen molar-refractivity contribution in [2.24, 2.45) is 7.05 Å². The fourth-order valence-corrected chi connectivity index (χ4v) is 4.69. The van der Waals surface area contributed by atoms with Crippen molar-refractivity contribution in [1.29, 1.82) is 0 Å². The van der Waals surface area contributed by atoms with E-state index in [0.717, 1.165) is 15.0 Å². The Morgan fingerprint density at radius 2 is 1.70 bits per heavy atom. The normalized spacial score (nSPS) is 11.8. The molecule has 0 radical (unpaired) electrons. The van der Waals surface area contributed by atoms with E-state index in [2.05, 4.69) is 0 Å². The van der Waals surface area contributed by atoms with E-state index < -0.39 is 10.7 Å². The highest BCUT2D eigenvalue weighted by atomic mass is 32.2. The SMILES string of the molecule is CC(=O)c1ccccc1-[s+]1c2ccccc2c(=O)n1C. The third-order valence-corrected chi connectivity index (χ3v) is 5.62. The van der Waals surface area contributed by atoms with Crippen molar-refractivity contribution in [1.82, 2.24) is 3.96 Å². The first-order chi connectivity index (χ1) is 9.61. The lowest BCUT2D eigenvalue weighted by Crippen LogP contribution is -2.09.